The maximum absolute atomic E-state index is 13.1. The Morgan fingerprint density at radius 3 is 2.42 bits per heavy atom. The van der Waals surface area contributed by atoms with Gasteiger partial charge in [-0.2, -0.15) is 13.2 Å². The van der Waals surface area contributed by atoms with E-state index in [1.54, 1.807) is 0 Å². The Bertz CT molecular complexity index is 734. The Morgan fingerprint density at radius 2 is 1.89 bits per heavy atom. The third-order valence-electron chi connectivity index (χ3n) is 2.46. The second-order valence-corrected chi connectivity index (χ2v) is 5.47. The summed E-state index contributed by atoms with van der Waals surface area (Å²) < 4.78 is 73.5. The number of nitrogens with two attached hydrogens (primary N) is 1. The number of hydrogen-bond acceptors (Lipinski definition) is 2. The fourth-order valence-corrected chi connectivity index (χ4v) is 2.53. The van der Waals surface area contributed by atoms with Crippen LogP contribution in [0.25, 0.3) is 10.9 Å². The van der Waals surface area contributed by atoms with E-state index in [4.69, 9.17) is 5.14 Å². The van der Waals surface area contributed by atoms with Gasteiger partial charge in [0.05, 0.1) is 0 Å². The van der Waals surface area contributed by atoms with Crippen molar-refractivity contribution >= 4 is 20.9 Å². The van der Waals surface area contributed by atoms with Crippen molar-refractivity contribution in [1.82, 2.24) is 4.57 Å². The monoisotopic (exact) mass is 296 g/mol. The molecule has 1 heterocycles. The average molecular weight is 296 g/mol. The average Bonchev–Trinajstić information content (AvgIpc) is 2.53. The van der Waals surface area contributed by atoms with Crippen LogP contribution < -0.4 is 5.14 Å². The third-order valence-corrected chi connectivity index (χ3v) is 3.40. The van der Waals surface area contributed by atoms with Crippen molar-refractivity contribution in [2.75, 3.05) is 0 Å². The number of aromatic nitrogens is 1. The van der Waals surface area contributed by atoms with Crippen molar-refractivity contribution in [3.8, 4) is 0 Å². The standard InChI is InChI=1S/C10H8F4N2O2S/c11-6-1-2-8-7(3-6)9(19(15,17)18)4-16(8)5-10(12,13)14/h1-4H,5H2,(H2,15,17,18). The first-order valence-electron chi connectivity index (χ1n) is 4.96. The van der Waals surface area contributed by atoms with Crippen LogP contribution in [0.4, 0.5) is 17.6 Å². The fraction of sp³-hybridized carbons (Fsp3) is 0.200. The fourth-order valence-electron chi connectivity index (χ4n) is 1.79. The predicted octanol–water partition coefficient (Wildman–Crippen LogP) is 1.99. The zero-order valence-corrected chi connectivity index (χ0v) is 10.1. The Morgan fingerprint density at radius 1 is 1.26 bits per heavy atom. The van der Waals surface area contributed by atoms with E-state index in [0.717, 1.165) is 24.4 Å². The van der Waals surface area contributed by atoms with Crippen LogP contribution in [0.1, 0.15) is 0 Å². The summed E-state index contributed by atoms with van der Waals surface area (Å²) in [6, 6.07) is 2.86. The molecule has 0 radical (unpaired) electrons. The van der Waals surface area contributed by atoms with Crippen molar-refractivity contribution in [3.63, 3.8) is 0 Å². The first-order valence-corrected chi connectivity index (χ1v) is 6.50. The van der Waals surface area contributed by atoms with Crippen LogP contribution in [0.15, 0.2) is 29.3 Å². The molecule has 19 heavy (non-hydrogen) atoms. The van der Waals surface area contributed by atoms with Gasteiger partial charge >= 0.3 is 6.18 Å². The minimum Gasteiger partial charge on any atom is -0.337 e. The Kier molecular flexibility index (Phi) is 3.06. The molecule has 1 aromatic carbocycles. The molecule has 0 amide bonds. The molecule has 0 aliphatic carbocycles. The highest BCUT2D eigenvalue weighted by atomic mass is 32.2. The molecule has 2 N–H and O–H groups in total. The lowest BCUT2D eigenvalue weighted by molar-refractivity contribution is -0.139. The third kappa shape index (κ3) is 2.87. The van der Waals surface area contributed by atoms with Gasteiger partial charge in [0.2, 0.25) is 10.0 Å². The minimum absolute atomic E-state index is 0.0530. The highest BCUT2D eigenvalue weighted by Crippen LogP contribution is 2.28. The van der Waals surface area contributed by atoms with E-state index in [2.05, 4.69) is 0 Å². The van der Waals surface area contributed by atoms with Crippen molar-refractivity contribution < 1.29 is 26.0 Å². The molecule has 0 aliphatic rings. The summed E-state index contributed by atoms with van der Waals surface area (Å²) in [5.74, 6) is -0.762. The molecule has 9 heteroatoms. The molecular formula is C10H8F4N2O2S. The quantitative estimate of drug-likeness (QED) is 0.861. The topological polar surface area (TPSA) is 65.1 Å². The number of rotatable bonds is 2. The van der Waals surface area contributed by atoms with Crippen LogP contribution in [0.5, 0.6) is 0 Å². The van der Waals surface area contributed by atoms with E-state index < -0.39 is 33.5 Å². The number of benzene rings is 1. The zero-order valence-electron chi connectivity index (χ0n) is 9.28. The number of halogens is 4. The van der Waals surface area contributed by atoms with Gasteiger partial charge in [-0.15, -0.1) is 0 Å². The number of fused-ring (bicyclic) bond motifs is 1. The van der Waals surface area contributed by atoms with Crippen molar-refractivity contribution in [2.45, 2.75) is 17.6 Å². The van der Waals surface area contributed by atoms with Gasteiger partial charge in [0, 0.05) is 17.1 Å². The van der Waals surface area contributed by atoms with Crippen molar-refractivity contribution in [2.24, 2.45) is 5.14 Å². The maximum atomic E-state index is 13.1. The van der Waals surface area contributed by atoms with Gasteiger partial charge in [0.25, 0.3) is 0 Å². The molecule has 0 spiro atoms. The molecular weight excluding hydrogens is 288 g/mol. The first-order chi connectivity index (χ1) is 8.58. The molecule has 2 rings (SSSR count). The van der Waals surface area contributed by atoms with Crippen molar-refractivity contribution in [3.05, 3.63) is 30.2 Å². The minimum atomic E-state index is -4.53. The van der Waals surface area contributed by atoms with Crippen molar-refractivity contribution in [1.29, 1.82) is 0 Å². The number of hydrogen-bond donors (Lipinski definition) is 1. The maximum Gasteiger partial charge on any atom is 0.406 e. The van der Waals surface area contributed by atoms with E-state index in [1.165, 1.54) is 0 Å². The largest absolute Gasteiger partial charge is 0.406 e. The Labute approximate surface area is 105 Å². The predicted molar refractivity (Wildman–Crippen MR) is 59.3 cm³/mol. The van der Waals surface area contributed by atoms with Gasteiger partial charge in [-0.05, 0) is 18.2 Å². The number of nitrogens with zero attached hydrogens (tertiary/aromatic N) is 1. The van der Waals surface area contributed by atoms with Crippen LogP contribution in [-0.4, -0.2) is 19.2 Å². The number of alkyl halides is 3. The van der Waals surface area contributed by atoms with E-state index in [-0.39, 0.29) is 10.9 Å². The Balaban J connectivity index is 2.74. The molecule has 4 nitrogen and oxygen atoms in total. The molecule has 0 unspecified atom stereocenters. The lowest BCUT2D eigenvalue weighted by atomic mass is 10.2. The zero-order chi connectivity index (χ0) is 14.4. The van der Waals surface area contributed by atoms with Gasteiger partial charge in [0.1, 0.15) is 17.3 Å². The summed E-state index contributed by atoms with van der Waals surface area (Å²) in [6.45, 7) is -1.38. The summed E-state index contributed by atoms with van der Waals surface area (Å²) in [4.78, 5) is -0.536. The molecule has 0 fully saturated rings. The molecule has 0 saturated heterocycles. The second-order valence-electron chi connectivity index (χ2n) is 3.94. The van der Waals surface area contributed by atoms with Crippen LogP contribution >= 0.6 is 0 Å². The second kappa shape index (κ2) is 4.20. The lowest BCUT2D eigenvalue weighted by Crippen LogP contribution is -2.17. The van der Waals surface area contributed by atoms with E-state index in [1.807, 2.05) is 0 Å². The lowest BCUT2D eigenvalue weighted by Gasteiger charge is -2.08. The number of primary sulfonamides is 1. The van der Waals surface area contributed by atoms with Crippen LogP contribution in [0, 0.1) is 5.82 Å². The normalized spacial score (nSPS) is 13.1. The summed E-state index contributed by atoms with van der Waals surface area (Å²) in [6.07, 6.45) is -3.77. The summed E-state index contributed by atoms with van der Waals surface area (Å²) in [7, 11) is -4.24. The van der Waals surface area contributed by atoms with Gasteiger partial charge < -0.3 is 4.57 Å². The molecule has 0 atom stereocenters. The van der Waals surface area contributed by atoms with Gasteiger partial charge in [-0.1, -0.05) is 0 Å². The molecule has 0 aliphatic heterocycles. The van der Waals surface area contributed by atoms with Crippen LogP contribution in [0.3, 0.4) is 0 Å². The van der Waals surface area contributed by atoms with E-state index in [0.29, 0.717) is 4.57 Å². The highest BCUT2D eigenvalue weighted by molar-refractivity contribution is 7.89. The SMILES string of the molecule is NS(=O)(=O)c1cn(CC(F)(F)F)c2ccc(F)cc12. The van der Waals surface area contributed by atoms with Gasteiger partial charge in [-0.25, -0.2) is 17.9 Å². The molecule has 0 saturated carbocycles. The Hall–Kier alpha value is -1.61. The van der Waals surface area contributed by atoms with Crippen LogP contribution in [0.2, 0.25) is 0 Å². The highest BCUT2D eigenvalue weighted by Gasteiger charge is 2.30. The first kappa shape index (κ1) is 13.8. The smallest absolute Gasteiger partial charge is 0.337 e. The molecule has 0 bridgehead atoms. The number of sulfonamides is 1. The van der Waals surface area contributed by atoms with Crippen LogP contribution in [-0.2, 0) is 16.6 Å². The summed E-state index contributed by atoms with van der Waals surface area (Å²) >= 11 is 0. The van der Waals surface area contributed by atoms with Gasteiger partial charge in [0.15, 0.2) is 0 Å². The summed E-state index contributed by atoms with van der Waals surface area (Å²) in [5, 5.41) is 4.73. The van der Waals surface area contributed by atoms with E-state index >= 15 is 0 Å². The van der Waals surface area contributed by atoms with Gasteiger partial charge in [-0.3, -0.25) is 0 Å². The molecule has 1 aromatic heterocycles. The van der Waals surface area contributed by atoms with E-state index in [9.17, 15) is 26.0 Å². The molecule has 2 aromatic rings. The molecule has 104 valence electrons. The summed E-state index contributed by atoms with van der Waals surface area (Å²) in [5.41, 5.74) is -0.0530.